The van der Waals surface area contributed by atoms with Gasteiger partial charge in [0.05, 0.1) is 10.7 Å². The molecule has 0 saturated carbocycles. The van der Waals surface area contributed by atoms with E-state index in [1.807, 2.05) is 13.8 Å². The number of nitrogens with zero attached hydrogens (tertiary/aromatic N) is 1. The maximum absolute atomic E-state index is 10.4. The zero-order valence-electron chi connectivity index (χ0n) is 7.57. The van der Waals surface area contributed by atoms with E-state index in [4.69, 9.17) is 10.8 Å². The van der Waals surface area contributed by atoms with Gasteiger partial charge in [-0.15, -0.1) is 11.3 Å². The minimum atomic E-state index is -0.981. The summed E-state index contributed by atoms with van der Waals surface area (Å²) in [5.74, 6) is -0.981. The molecule has 1 aromatic rings. The number of carboxylic acid groups (broad SMARTS) is 1. The Kier molecular flexibility index (Phi) is 3.00. The molecule has 0 aromatic carbocycles. The van der Waals surface area contributed by atoms with Crippen LogP contribution < -0.4 is 5.73 Å². The van der Waals surface area contributed by atoms with Crippen molar-refractivity contribution >= 4 is 17.3 Å². The quantitative estimate of drug-likeness (QED) is 0.753. The number of carboxylic acids is 1. The van der Waals surface area contributed by atoms with E-state index in [0.29, 0.717) is 6.42 Å². The van der Waals surface area contributed by atoms with Crippen molar-refractivity contribution in [3.05, 3.63) is 15.6 Å². The number of rotatable bonds is 3. The molecule has 1 atom stereocenters. The monoisotopic (exact) mass is 200 g/mol. The molecule has 0 amide bonds. The molecule has 0 aliphatic carbocycles. The molecule has 4 nitrogen and oxygen atoms in total. The topological polar surface area (TPSA) is 76.2 Å². The van der Waals surface area contributed by atoms with Gasteiger partial charge >= 0.3 is 5.97 Å². The second-order valence-electron chi connectivity index (χ2n) is 2.90. The van der Waals surface area contributed by atoms with Crippen LogP contribution in [0.15, 0.2) is 0 Å². The fourth-order valence-electron chi connectivity index (χ4n) is 0.902. The van der Waals surface area contributed by atoms with Gasteiger partial charge in [-0.05, 0) is 13.8 Å². The number of hydrogen-bond acceptors (Lipinski definition) is 4. The Morgan fingerprint density at radius 3 is 2.69 bits per heavy atom. The van der Waals surface area contributed by atoms with Crippen LogP contribution in [0.5, 0.6) is 0 Å². The molecule has 1 aromatic heterocycles. The third-order valence-electron chi connectivity index (χ3n) is 1.78. The fourth-order valence-corrected chi connectivity index (χ4v) is 1.89. The van der Waals surface area contributed by atoms with Crippen LogP contribution in [0.25, 0.3) is 0 Å². The summed E-state index contributed by atoms with van der Waals surface area (Å²) in [4.78, 5) is 15.8. The SMILES string of the molecule is Cc1nc(C[C@H](N)C(=O)O)sc1C. The average molecular weight is 200 g/mol. The van der Waals surface area contributed by atoms with Crippen LogP contribution in [0.4, 0.5) is 0 Å². The van der Waals surface area contributed by atoms with Crippen LogP contribution in [0.3, 0.4) is 0 Å². The second kappa shape index (κ2) is 3.85. The summed E-state index contributed by atoms with van der Waals surface area (Å²) in [6, 6.07) is -0.843. The molecule has 0 radical (unpaired) electrons. The fraction of sp³-hybridized carbons (Fsp3) is 0.500. The Hall–Kier alpha value is -0.940. The van der Waals surface area contributed by atoms with Gasteiger partial charge in [0, 0.05) is 11.3 Å². The maximum Gasteiger partial charge on any atom is 0.320 e. The van der Waals surface area contributed by atoms with Crippen molar-refractivity contribution in [2.75, 3.05) is 0 Å². The first-order valence-electron chi connectivity index (χ1n) is 3.92. The Morgan fingerprint density at radius 2 is 2.31 bits per heavy atom. The predicted octanol–water partition coefficient (Wildman–Crippen LogP) is 0.714. The summed E-state index contributed by atoms with van der Waals surface area (Å²) in [7, 11) is 0. The minimum Gasteiger partial charge on any atom is -0.480 e. The van der Waals surface area contributed by atoms with E-state index in [-0.39, 0.29) is 0 Å². The molecular formula is C8H12N2O2S. The summed E-state index contributed by atoms with van der Waals surface area (Å²) in [5.41, 5.74) is 6.33. The molecule has 0 aliphatic heterocycles. The lowest BCUT2D eigenvalue weighted by molar-refractivity contribution is -0.138. The highest BCUT2D eigenvalue weighted by Gasteiger charge is 2.14. The molecule has 5 heteroatoms. The van der Waals surface area contributed by atoms with Crippen LogP contribution in [0.1, 0.15) is 15.6 Å². The summed E-state index contributed by atoms with van der Waals surface area (Å²) >= 11 is 1.51. The van der Waals surface area contributed by atoms with Crippen molar-refractivity contribution < 1.29 is 9.90 Å². The normalized spacial score (nSPS) is 12.8. The van der Waals surface area contributed by atoms with E-state index in [1.165, 1.54) is 11.3 Å². The average Bonchev–Trinajstić information content (AvgIpc) is 2.31. The van der Waals surface area contributed by atoms with Gasteiger partial charge in [-0.3, -0.25) is 4.79 Å². The number of nitrogens with two attached hydrogens (primary N) is 1. The van der Waals surface area contributed by atoms with Gasteiger partial charge in [0.1, 0.15) is 6.04 Å². The highest BCUT2D eigenvalue weighted by Crippen LogP contribution is 2.17. The van der Waals surface area contributed by atoms with Gasteiger partial charge in [-0.1, -0.05) is 0 Å². The summed E-state index contributed by atoms with van der Waals surface area (Å²) in [5, 5.41) is 9.37. The molecule has 72 valence electrons. The van der Waals surface area contributed by atoms with Gasteiger partial charge in [0.2, 0.25) is 0 Å². The first kappa shape index (κ1) is 10.1. The van der Waals surface area contributed by atoms with Crippen molar-refractivity contribution in [1.82, 2.24) is 4.98 Å². The number of aromatic nitrogens is 1. The standard InChI is InChI=1S/C8H12N2O2S/c1-4-5(2)13-7(10-4)3-6(9)8(11)12/h6H,3,9H2,1-2H3,(H,11,12)/t6-/m0/s1. The van der Waals surface area contributed by atoms with Crippen molar-refractivity contribution in [3.63, 3.8) is 0 Å². The van der Waals surface area contributed by atoms with Gasteiger partial charge in [-0.25, -0.2) is 4.98 Å². The Balaban J connectivity index is 2.69. The van der Waals surface area contributed by atoms with E-state index in [0.717, 1.165) is 15.6 Å². The van der Waals surface area contributed by atoms with Crippen molar-refractivity contribution in [2.45, 2.75) is 26.3 Å². The van der Waals surface area contributed by atoms with Gasteiger partial charge in [-0.2, -0.15) is 0 Å². The third-order valence-corrected chi connectivity index (χ3v) is 2.88. The number of aliphatic carboxylic acids is 1. The smallest absolute Gasteiger partial charge is 0.320 e. The molecular weight excluding hydrogens is 188 g/mol. The van der Waals surface area contributed by atoms with Gasteiger partial charge < -0.3 is 10.8 Å². The van der Waals surface area contributed by atoms with E-state index < -0.39 is 12.0 Å². The zero-order valence-corrected chi connectivity index (χ0v) is 8.39. The van der Waals surface area contributed by atoms with Crippen LogP contribution in [-0.2, 0) is 11.2 Å². The van der Waals surface area contributed by atoms with E-state index in [2.05, 4.69) is 4.98 Å². The summed E-state index contributed by atoms with van der Waals surface area (Å²) < 4.78 is 0. The number of thiazole rings is 1. The Morgan fingerprint density at radius 1 is 1.69 bits per heavy atom. The molecule has 1 rings (SSSR count). The molecule has 3 N–H and O–H groups in total. The predicted molar refractivity (Wildman–Crippen MR) is 50.9 cm³/mol. The van der Waals surface area contributed by atoms with Crippen molar-refractivity contribution in [3.8, 4) is 0 Å². The Labute approximate surface area is 80.4 Å². The van der Waals surface area contributed by atoms with Gasteiger partial charge in [0.25, 0.3) is 0 Å². The number of aryl methyl sites for hydroxylation is 2. The van der Waals surface area contributed by atoms with Crippen molar-refractivity contribution in [1.29, 1.82) is 0 Å². The lowest BCUT2D eigenvalue weighted by Crippen LogP contribution is -2.32. The number of carbonyl (C=O) groups is 1. The van der Waals surface area contributed by atoms with Crippen LogP contribution in [0.2, 0.25) is 0 Å². The van der Waals surface area contributed by atoms with Crippen molar-refractivity contribution in [2.24, 2.45) is 5.73 Å². The third kappa shape index (κ3) is 2.50. The molecule has 0 bridgehead atoms. The first-order valence-corrected chi connectivity index (χ1v) is 4.73. The van der Waals surface area contributed by atoms with Gasteiger partial charge in [0.15, 0.2) is 0 Å². The molecule has 0 fully saturated rings. The second-order valence-corrected chi connectivity index (χ2v) is 4.19. The minimum absolute atomic E-state index is 0.314. The van der Waals surface area contributed by atoms with Crippen LogP contribution in [0, 0.1) is 13.8 Å². The van der Waals surface area contributed by atoms with E-state index in [1.54, 1.807) is 0 Å². The maximum atomic E-state index is 10.4. The molecule has 0 aliphatic rings. The molecule has 0 spiro atoms. The number of hydrogen-bond donors (Lipinski definition) is 2. The van der Waals surface area contributed by atoms with Crippen LogP contribution in [-0.4, -0.2) is 22.1 Å². The van der Waals surface area contributed by atoms with E-state index in [9.17, 15) is 4.79 Å². The molecule has 0 unspecified atom stereocenters. The zero-order chi connectivity index (χ0) is 10.0. The molecule has 13 heavy (non-hydrogen) atoms. The first-order chi connectivity index (χ1) is 6.00. The summed E-state index contributed by atoms with van der Waals surface area (Å²) in [6.07, 6.45) is 0.314. The molecule has 1 heterocycles. The van der Waals surface area contributed by atoms with Crippen LogP contribution >= 0.6 is 11.3 Å². The molecule has 0 saturated heterocycles. The lowest BCUT2D eigenvalue weighted by Gasteiger charge is -2.01. The summed E-state index contributed by atoms with van der Waals surface area (Å²) in [6.45, 7) is 3.87. The highest BCUT2D eigenvalue weighted by molar-refractivity contribution is 7.11. The lowest BCUT2D eigenvalue weighted by atomic mass is 10.2. The highest BCUT2D eigenvalue weighted by atomic mass is 32.1. The largest absolute Gasteiger partial charge is 0.480 e. The van der Waals surface area contributed by atoms with E-state index >= 15 is 0 Å². The Bertz CT molecular complexity index is 302.